The zero-order chi connectivity index (χ0) is 21.8. The number of hydrogen-bond donors (Lipinski definition) is 2. The van der Waals surface area contributed by atoms with Crippen molar-refractivity contribution in [2.24, 2.45) is 0 Å². The summed E-state index contributed by atoms with van der Waals surface area (Å²) in [7, 11) is 0. The molecule has 9 heteroatoms. The Labute approximate surface area is 178 Å². The summed E-state index contributed by atoms with van der Waals surface area (Å²) in [6.45, 7) is 4.78. The zero-order valence-corrected chi connectivity index (χ0v) is 17.4. The third kappa shape index (κ3) is 4.72. The molecule has 0 atom stereocenters. The Hall–Kier alpha value is -3.52. The Morgan fingerprint density at radius 1 is 1.07 bits per heavy atom. The van der Waals surface area contributed by atoms with Crippen LogP contribution in [0.5, 0.6) is 0 Å². The van der Waals surface area contributed by atoms with Gasteiger partial charge in [0, 0.05) is 22.0 Å². The lowest BCUT2D eigenvalue weighted by molar-refractivity contribution is -0.117. The maximum atomic E-state index is 12.6. The fourth-order valence-corrected chi connectivity index (χ4v) is 2.97. The smallest absolute Gasteiger partial charge is 0.278 e. The summed E-state index contributed by atoms with van der Waals surface area (Å²) in [5, 5.41) is 13.8. The number of anilines is 2. The van der Waals surface area contributed by atoms with Crippen molar-refractivity contribution in [1.29, 1.82) is 0 Å². The van der Waals surface area contributed by atoms with Crippen molar-refractivity contribution in [2.45, 2.75) is 27.3 Å². The Kier molecular flexibility index (Phi) is 6.27. The molecule has 0 saturated heterocycles. The largest absolute Gasteiger partial charge is 0.324 e. The first-order chi connectivity index (χ1) is 14.3. The highest BCUT2D eigenvalue weighted by Gasteiger charge is 2.19. The number of carbonyl (C=O) groups excluding carboxylic acids is 3. The topological polar surface area (TPSA) is 106 Å². The van der Waals surface area contributed by atoms with Crippen LogP contribution in [0.25, 0.3) is 0 Å². The number of ketones is 1. The highest BCUT2D eigenvalue weighted by Crippen LogP contribution is 2.23. The quantitative estimate of drug-likeness (QED) is 0.586. The van der Waals surface area contributed by atoms with Crippen LogP contribution in [0, 0.1) is 13.8 Å². The number of halogens is 1. The van der Waals surface area contributed by atoms with Crippen LogP contribution in [0.3, 0.4) is 0 Å². The molecule has 0 aliphatic carbocycles. The minimum Gasteiger partial charge on any atom is -0.324 e. The van der Waals surface area contributed by atoms with Gasteiger partial charge in [0.05, 0.1) is 5.69 Å². The molecule has 0 spiro atoms. The predicted octanol–water partition coefficient (Wildman–Crippen LogP) is 3.64. The molecule has 0 unspecified atom stereocenters. The van der Waals surface area contributed by atoms with E-state index in [0.717, 1.165) is 5.56 Å². The number of rotatable bonds is 6. The molecule has 0 aliphatic rings. The summed E-state index contributed by atoms with van der Waals surface area (Å²) in [4.78, 5) is 36.4. The number of benzene rings is 2. The first-order valence-electron chi connectivity index (χ1n) is 9.13. The third-order valence-electron chi connectivity index (χ3n) is 4.56. The van der Waals surface area contributed by atoms with Gasteiger partial charge in [-0.2, -0.15) is 0 Å². The minimum absolute atomic E-state index is 0.0937. The van der Waals surface area contributed by atoms with E-state index in [1.54, 1.807) is 56.3 Å². The van der Waals surface area contributed by atoms with E-state index in [9.17, 15) is 14.4 Å². The van der Waals surface area contributed by atoms with Crippen molar-refractivity contribution < 1.29 is 14.4 Å². The molecule has 1 heterocycles. The average Bonchev–Trinajstić information content (AvgIpc) is 3.06. The van der Waals surface area contributed by atoms with Gasteiger partial charge in [-0.15, -0.1) is 5.10 Å². The van der Waals surface area contributed by atoms with Gasteiger partial charge in [-0.25, -0.2) is 4.68 Å². The lowest BCUT2D eigenvalue weighted by Gasteiger charge is -2.09. The van der Waals surface area contributed by atoms with Gasteiger partial charge in [0.15, 0.2) is 11.5 Å². The Balaban J connectivity index is 1.69. The fraction of sp³-hybridized carbons (Fsp3) is 0.190. The molecule has 3 aromatic rings. The maximum absolute atomic E-state index is 12.6. The molecule has 3 rings (SSSR count). The molecule has 0 aliphatic heterocycles. The molecule has 0 fully saturated rings. The van der Waals surface area contributed by atoms with E-state index >= 15 is 0 Å². The van der Waals surface area contributed by atoms with Crippen molar-refractivity contribution >= 4 is 40.6 Å². The highest BCUT2D eigenvalue weighted by molar-refractivity contribution is 6.31. The summed E-state index contributed by atoms with van der Waals surface area (Å²) in [6, 6.07) is 11.9. The van der Waals surface area contributed by atoms with E-state index in [2.05, 4.69) is 20.9 Å². The molecule has 0 bridgehead atoms. The number of Topliss-reactive ketones (excluding diaryl/α,β-unsaturated/α-hetero) is 1. The molecule has 8 nitrogen and oxygen atoms in total. The number of aromatic nitrogens is 3. The SMILES string of the molecule is CC(=O)c1cccc(NC(=O)Cn2nnc(C(=O)Nc3cccc(Cl)c3C)c2C)c1. The van der Waals surface area contributed by atoms with Crippen LogP contribution in [0.4, 0.5) is 11.4 Å². The van der Waals surface area contributed by atoms with Crippen molar-refractivity contribution in [1.82, 2.24) is 15.0 Å². The van der Waals surface area contributed by atoms with Crippen molar-refractivity contribution in [3.63, 3.8) is 0 Å². The van der Waals surface area contributed by atoms with E-state index in [-0.39, 0.29) is 23.9 Å². The molecule has 30 heavy (non-hydrogen) atoms. The van der Waals surface area contributed by atoms with Crippen LogP contribution in [-0.4, -0.2) is 32.6 Å². The highest BCUT2D eigenvalue weighted by atomic mass is 35.5. The summed E-state index contributed by atoms with van der Waals surface area (Å²) < 4.78 is 1.34. The van der Waals surface area contributed by atoms with Crippen LogP contribution < -0.4 is 10.6 Å². The zero-order valence-electron chi connectivity index (χ0n) is 16.7. The first-order valence-corrected chi connectivity index (χ1v) is 9.51. The van der Waals surface area contributed by atoms with Gasteiger partial charge in [-0.05, 0) is 50.6 Å². The molecule has 1 aromatic heterocycles. The molecule has 154 valence electrons. The lowest BCUT2D eigenvalue weighted by atomic mass is 10.1. The monoisotopic (exact) mass is 425 g/mol. The molecular weight excluding hydrogens is 406 g/mol. The van der Waals surface area contributed by atoms with Gasteiger partial charge in [-0.1, -0.05) is 35.0 Å². The fourth-order valence-electron chi connectivity index (χ4n) is 2.80. The van der Waals surface area contributed by atoms with E-state index in [1.165, 1.54) is 11.6 Å². The Morgan fingerprint density at radius 2 is 1.80 bits per heavy atom. The third-order valence-corrected chi connectivity index (χ3v) is 4.97. The molecule has 0 saturated carbocycles. The number of carbonyl (C=O) groups is 3. The molecule has 2 amide bonds. The van der Waals surface area contributed by atoms with Crippen LogP contribution in [0.1, 0.15) is 39.0 Å². The van der Waals surface area contributed by atoms with E-state index < -0.39 is 5.91 Å². The standard InChI is InChI=1S/C21H20ClN5O3/c1-12-17(22)8-5-9-18(12)24-21(30)20-13(2)27(26-25-20)11-19(29)23-16-7-4-6-15(10-16)14(3)28/h4-10H,11H2,1-3H3,(H,23,29)(H,24,30). The van der Waals surface area contributed by atoms with Gasteiger partial charge in [0.2, 0.25) is 5.91 Å². The number of hydrogen-bond acceptors (Lipinski definition) is 5. The summed E-state index contributed by atoms with van der Waals surface area (Å²) >= 11 is 6.08. The normalized spacial score (nSPS) is 10.5. The van der Waals surface area contributed by atoms with Crippen molar-refractivity contribution in [3.8, 4) is 0 Å². The second-order valence-electron chi connectivity index (χ2n) is 6.73. The minimum atomic E-state index is -0.446. The van der Waals surface area contributed by atoms with Gasteiger partial charge >= 0.3 is 0 Å². The van der Waals surface area contributed by atoms with Crippen molar-refractivity contribution in [3.05, 3.63) is 70.0 Å². The molecule has 2 aromatic carbocycles. The predicted molar refractivity (Wildman–Crippen MR) is 114 cm³/mol. The summed E-state index contributed by atoms with van der Waals surface area (Å²) in [5.41, 5.74) is 2.87. The van der Waals surface area contributed by atoms with Crippen LogP contribution in [-0.2, 0) is 11.3 Å². The van der Waals surface area contributed by atoms with Crippen LogP contribution in [0.2, 0.25) is 5.02 Å². The Bertz CT molecular complexity index is 1140. The molecular formula is C21H20ClN5O3. The lowest BCUT2D eigenvalue weighted by Crippen LogP contribution is -2.21. The second kappa shape index (κ2) is 8.87. The summed E-state index contributed by atoms with van der Waals surface area (Å²) in [5.74, 6) is -0.899. The van der Waals surface area contributed by atoms with Crippen molar-refractivity contribution in [2.75, 3.05) is 10.6 Å². The van der Waals surface area contributed by atoms with Gasteiger partial charge in [-0.3, -0.25) is 14.4 Å². The Morgan fingerprint density at radius 3 is 2.53 bits per heavy atom. The van der Waals surface area contributed by atoms with E-state index in [4.69, 9.17) is 11.6 Å². The van der Waals surface area contributed by atoms with Gasteiger partial charge < -0.3 is 10.6 Å². The van der Waals surface area contributed by atoms with Crippen LogP contribution in [0.15, 0.2) is 42.5 Å². The van der Waals surface area contributed by atoms with E-state index in [0.29, 0.717) is 27.7 Å². The maximum Gasteiger partial charge on any atom is 0.278 e. The second-order valence-corrected chi connectivity index (χ2v) is 7.14. The first kappa shape index (κ1) is 21.2. The molecule has 0 radical (unpaired) electrons. The number of nitrogens with one attached hydrogen (secondary N) is 2. The van der Waals surface area contributed by atoms with Crippen LogP contribution >= 0.6 is 11.6 Å². The number of amides is 2. The average molecular weight is 426 g/mol. The van der Waals surface area contributed by atoms with Gasteiger partial charge in [0.25, 0.3) is 5.91 Å². The van der Waals surface area contributed by atoms with E-state index in [1.807, 2.05) is 0 Å². The number of nitrogens with zero attached hydrogens (tertiary/aromatic N) is 3. The van der Waals surface area contributed by atoms with Gasteiger partial charge in [0.1, 0.15) is 6.54 Å². The molecule has 2 N–H and O–H groups in total. The summed E-state index contributed by atoms with van der Waals surface area (Å²) in [6.07, 6.45) is 0.